The monoisotopic (exact) mass is 238 g/mol. The van der Waals surface area contributed by atoms with E-state index in [1.165, 1.54) is 12.8 Å². The molecule has 0 spiro atoms. The Morgan fingerprint density at radius 3 is 2.35 bits per heavy atom. The quantitative estimate of drug-likeness (QED) is 0.802. The number of carbonyl (C=O) groups excluding carboxylic acids is 2. The summed E-state index contributed by atoms with van der Waals surface area (Å²) < 4.78 is 0. The molecule has 17 heavy (non-hydrogen) atoms. The van der Waals surface area contributed by atoms with Crippen LogP contribution in [0.1, 0.15) is 46.5 Å². The molecule has 1 atom stereocenters. The van der Waals surface area contributed by atoms with E-state index in [1.54, 1.807) is 6.92 Å². The first kappa shape index (κ1) is 12.4. The molecule has 0 aromatic heterocycles. The van der Waals surface area contributed by atoms with E-state index in [4.69, 9.17) is 0 Å². The Morgan fingerprint density at radius 1 is 1.29 bits per heavy atom. The fourth-order valence-electron chi connectivity index (χ4n) is 2.74. The minimum Gasteiger partial charge on any atom is -0.343 e. The van der Waals surface area contributed by atoms with Crippen molar-refractivity contribution in [2.24, 2.45) is 5.92 Å². The summed E-state index contributed by atoms with van der Waals surface area (Å²) in [7, 11) is 0. The molecule has 1 aliphatic heterocycles. The summed E-state index contributed by atoms with van der Waals surface area (Å²) in [5.74, 6) is 0.727. The molecule has 96 valence electrons. The van der Waals surface area contributed by atoms with Gasteiger partial charge in [0.25, 0.3) is 0 Å². The number of carbonyl (C=O) groups is 2. The third-order valence-electron chi connectivity index (χ3n) is 4.23. The van der Waals surface area contributed by atoms with Gasteiger partial charge in [0.05, 0.1) is 0 Å². The first-order valence-corrected chi connectivity index (χ1v) is 6.67. The fourth-order valence-corrected chi connectivity index (χ4v) is 2.74. The summed E-state index contributed by atoms with van der Waals surface area (Å²) in [6.45, 7) is 6.52. The fraction of sp³-hybridized carbons (Fsp3) is 0.846. The van der Waals surface area contributed by atoms with E-state index in [9.17, 15) is 9.59 Å². The van der Waals surface area contributed by atoms with Gasteiger partial charge in [-0.05, 0) is 38.5 Å². The maximum atomic E-state index is 12.3. The van der Waals surface area contributed by atoms with Crippen LogP contribution in [0.3, 0.4) is 0 Å². The Kier molecular flexibility index (Phi) is 3.15. The van der Waals surface area contributed by atoms with Crippen LogP contribution in [0.25, 0.3) is 0 Å². The number of nitrogens with one attached hydrogen (secondary N) is 1. The molecular weight excluding hydrogens is 216 g/mol. The van der Waals surface area contributed by atoms with Crippen LogP contribution in [0.4, 0.5) is 0 Å². The molecule has 2 fully saturated rings. The second kappa shape index (κ2) is 4.31. The number of rotatable bonds is 4. The molecular formula is C13H22N2O2. The van der Waals surface area contributed by atoms with Gasteiger partial charge in [-0.1, -0.05) is 13.8 Å². The molecule has 2 aliphatic rings. The lowest BCUT2D eigenvalue weighted by Crippen LogP contribution is -2.70. The lowest BCUT2D eigenvalue weighted by Gasteiger charge is -2.47. The molecule has 0 aromatic rings. The second-order valence-corrected chi connectivity index (χ2v) is 5.33. The van der Waals surface area contributed by atoms with Gasteiger partial charge in [0.1, 0.15) is 11.6 Å². The number of nitrogens with zero attached hydrogens (tertiary/aromatic N) is 1. The van der Waals surface area contributed by atoms with Crippen LogP contribution in [0.15, 0.2) is 0 Å². The van der Waals surface area contributed by atoms with E-state index in [0.717, 1.165) is 6.54 Å². The number of amides is 2. The van der Waals surface area contributed by atoms with Crippen molar-refractivity contribution >= 4 is 11.8 Å². The van der Waals surface area contributed by atoms with Gasteiger partial charge >= 0.3 is 0 Å². The van der Waals surface area contributed by atoms with E-state index in [-0.39, 0.29) is 17.9 Å². The van der Waals surface area contributed by atoms with E-state index in [2.05, 4.69) is 5.32 Å². The maximum absolute atomic E-state index is 12.3. The average molecular weight is 238 g/mol. The number of piperazine rings is 1. The van der Waals surface area contributed by atoms with Crippen LogP contribution in [-0.4, -0.2) is 34.8 Å². The Morgan fingerprint density at radius 2 is 1.88 bits per heavy atom. The Balaban J connectivity index is 2.29. The van der Waals surface area contributed by atoms with Crippen molar-refractivity contribution in [2.45, 2.75) is 58.0 Å². The topological polar surface area (TPSA) is 49.4 Å². The third-order valence-corrected chi connectivity index (χ3v) is 4.23. The summed E-state index contributed by atoms with van der Waals surface area (Å²) in [4.78, 5) is 26.4. The van der Waals surface area contributed by atoms with Crippen molar-refractivity contribution in [1.29, 1.82) is 0 Å². The van der Waals surface area contributed by atoms with Gasteiger partial charge in [-0.15, -0.1) is 0 Å². The molecule has 0 aromatic carbocycles. The molecule has 0 bridgehead atoms. The van der Waals surface area contributed by atoms with Crippen LogP contribution in [0.5, 0.6) is 0 Å². The van der Waals surface area contributed by atoms with Crippen molar-refractivity contribution in [1.82, 2.24) is 10.2 Å². The van der Waals surface area contributed by atoms with Gasteiger partial charge in [0.2, 0.25) is 11.8 Å². The van der Waals surface area contributed by atoms with E-state index < -0.39 is 5.54 Å². The van der Waals surface area contributed by atoms with Gasteiger partial charge in [-0.2, -0.15) is 0 Å². The number of hydrogen-bond acceptors (Lipinski definition) is 2. The highest BCUT2D eigenvalue weighted by Gasteiger charge is 2.50. The lowest BCUT2D eigenvalue weighted by atomic mass is 9.86. The summed E-state index contributed by atoms with van der Waals surface area (Å²) in [5.41, 5.74) is -0.605. The molecule has 1 aliphatic carbocycles. The van der Waals surface area contributed by atoms with Crippen molar-refractivity contribution in [3.8, 4) is 0 Å². The molecule has 0 radical (unpaired) electrons. The third kappa shape index (κ3) is 1.94. The Hall–Kier alpha value is -1.06. The highest BCUT2D eigenvalue weighted by molar-refractivity contribution is 5.99. The van der Waals surface area contributed by atoms with Crippen LogP contribution in [0.2, 0.25) is 0 Å². The van der Waals surface area contributed by atoms with Crippen molar-refractivity contribution in [3.05, 3.63) is 0 Å². The van der Waals surface area contributed by atoms with Gasteiger partial charge in [0.15, 0.2) is 0 Å². The molecule has 4 heteroatoms. The smallest absolute Gasteiger partial charge is 0.246 e. The summed E-state index contributed by atoms with van der Waals surface area (Å²) in [6.07, 6.45) is 3.79. The van der Waals surface area contributed by atoms with Gasteiger partial charge < -0.3 is 10.2 Å². The number of hydrogen-bond donors (Lipinski definition) is 1. The Labute approximate surface area is 103 Å². The van der Waals surface area contributed by atoms with E-state index >= 15 is 0 Å². The van der Waals surface area contributed by atoms with Crippen molar-refractivity contribution in [2.75, 3.05) is 6.54 Å². The predicted octanol–water partition coefficient (Wildman–Crippen LogP) is 1.30. The summed E-state index contributed by atoms with van der Waals surface area (Å²) in [5, 5.41) is 2.82. The molecule has 1 unspecified atom stereocenters. The normalized spacial score (nSPS) is 28.2. The van der Waals surface area contributed by atoms with Gasteiger partial charge in [-0.25, -0.2) is 0 Å². The van der Waals surface area contributed by atoms with Crippen LogP contribution in [-0.2, 0) is 9.59 Å². The first-order valence-electron chi connectivity index (χ1n) is 6.67. The zero-order chi connectivity index (χ0) is 12.6. The van der Waals surface area contributed by atoms with Gasteiger partial charge in [0, 0.05) is 6.54 Å². The molecule has 1 N–H and O–H groups in total. The minimum atomic E-state index is -0.605. The van der Waals surface area contributed by atoms with E-state index in [0.29, 0.717) is 18.8 Å². The predicted molar refractivity (Wildman–Crippen MR) is 65.4 cm³/mol. The maximum Gasteiger partial charge on any atom is 0.246 e. The van der Waals surface area contributed by atoms with Crippen molar-refractivity contribution in [3.63, 3.8) is 0 Å². The van der Waals surface area contributed by atoms with Crippen LogP contribution in [0, 0.1) is 5.92 Å². The highest BCUT2D eigenvalue weighted by atomic mass is 16.2. The summed E-state index contributed by atoms with van der Waals surface area (Å²) >= 11 is 0. The highest BCUT2D eigenvalue weighted by Crippen LogP contribution is 2.36. The Bertz CT molecular complexity index is 332. The molecule has 1 heterocycles. The SMILES string of the molecule is CCC1(CC)C(=O)NC(C)C(=O)N1CC1CC1. The van der Waals surface area contributed by atoms with E-state index in [1.807, 2.05) is 18.7 Å². The lowest BCUT2D eigenvalue weighted by molar-refractivity contribution is -0.158. The molecule has 1 saturated heterocycles. The van der Waals surface area contributed by atoms with Gasteiger partial charge in [-0.3, -0.25) is 9.59 Å². The first-order chi connectivity index (χ1) is 8.05. The minimum absolute atomic E-state index is 0.0234. The van der Waals surface area contributed by atoms with Crippen LogP contribution < -0.4 is 5.32 Å². The molecule has 2 rings (SSSR count). The largest absolute Gasteiger partial charge is 0.343 e. The second-order valence-electron chi connectivity index (χ2n) is 5.33. The summed E-state index contributed by atoms with van der Waals surface area (Å²) in [6, 6.07) is -0.368. The average Bonchev–Trinajstić information content (AvgIpc) is 3.11. The standard InChI is InChI=1S/C13H22N2O2/c1-4-13(5-2)12(17)14-9(3)11(16)15(13)8-10-6-7-10/h9-10H,4-8H2,1-3H3,(H,14,17). The molecule has 4 nitrogen and oxygen atoms in total. The zero-order valence-corrected chi connectivity index (χ0v) is 11.0. The zero-order valence-electron chi connectivity index (χ0n) is 11.0. The molecule has 2 amide bonds. The molecule has 1 saturated carbocycles. The van der Waals surface area contributed by atoms with Crippen LogP contribution >= 0.6 is 0 Å². The van der Waals surface area contributed by atoms with Crippen molar-refractivity contribution < 1.29 is 9.59 Å².